The molecule has 3 heterocycles. The molecule has 0 spiro atoms. The van der Waals surface area contributed by atoms with Crippen molar-refractivity contribution in [3.05, 3.63) is 48.6 Å². The van der Waals surface area contributed by atoms with Crippen molar-refractivity contribution >= 4 is 5.91 Å². The molecule has 105 heavy (non-hydrogen) atoms. The van der Waals surface area contributed by atoms with E-state index in [9.17, 15) is 61.0 Å². The third-order valence-corrected chi connectivity index (χ3v) is 21.6. The maximum atomic E-state index is 13.5. The first kappa shape index (κ1) is 96.9. The van der Waals surface area contributed by atoms with Gasteiger partial charge < -0.3 is 89.9 Å². The summed E-state index contributed by atoms with van der Waals surface area (Å²) >= 11 is 0. The van der Waals surface area contributed by atoms with Gasteiger partial charge in [0.05, 0.1) is 38.6 Å². The van der Waals surface area contributed by atoms with Crippen molar-refractivity contribution < 1.29 is 89.4 Å². The van der Waals surface area contributed by atoms with Gasteiger partial charge in [0.15, 0.2) is 18.9 Å². The van der Waals surface area contributed by atoms with Gasteiger partial charge in [-0.05, 0) is 70.6 Å². The molecule has 19 heteroatoms. The van der Waals surface area contributed by atoms with Crippen LogP contribution in [0.15, 0.2) is 48.6 Å². The van der Waals surface area contributed by atoms with Crippen LogP contribution in [0.2, 0.25) is 0 Å². The summed E-state index contributed by atoms with van der Waals surface area (Å²) in [5.41, 5.74) is 0. The van der Waals surface area contributed by atoms with Gasteiger partial charge in [-0.3, -0.25) is 4.79 Å². The quantitative estimate of drug-likeness (QED) is 0.0199. The van der Waals surface area contributed by atoms with Crippen molar-refractivity contribution in [3.8, 4) is 0 Å². The third kappa shape index (κ3) is 45.8. The van der Waals surface area contributed by atoms with Gasteiger partial charge >= 0.3 is 0 Å². The fraction of sp³-hybridized carbons (Fsp3) is 0.895. The second-order valence-corrected chi connectivity index (χ2v) is 31.0. The Kier molecular flexibility index (Phi) is 61.3. The molecule has 616 valence electrons. The maximum Gasteiger partial charge on any atom is 0.220 e. The van der Waals surface area contributed by atoms with Crippen molar-refractivity contribution in [3.63, 3.8) is 0 Å². The number of carbonyl (C=O) groups excluding carboxylic acids is 1. The fourth-order valence-corrected chi connectivity index (χ4v) is 14.6. The summed E-state index contributed by atoms with van der Waals surface area (Å²) in [6.45, 7) is 1.76. The van der Waals surface area contributed by atoms with E-state index in [1.807, 2.05) is 6.08 Å². The minimum Gasteiger partial charge on any atom is -0.394 e. The molecule has 0 aromatic carbocycles. The smallest absolute Gasteiger partial charge is 0.220 e. The molecular weight excluding hydrogens is 1330 g/mol. The molecule has 3 fully saturated rings. The highest BCUT2D eigenvalue weighted by Crippen LogP contribution is 2.33. The zero-order chi connectivity index (χ0) is 76.0. The Morgan fingerprint density at radius 2 is 0.610 bits per heavy atom. The molecule has 3 aliphatic heterocycles. The Morgan fingerprint density at radius 1 is 0.333 bits per heavy atom. The molecule has 0 bridgehead atoms. The van der Waals surface area contributed by atoms with Crippen LogP contribution in [0.1, 0.15) is 361 Å². The SMILES string of the molecule is CCCCCCCCCC/C=C\CCCCCCCCCCCCCCCCCCCCCCCCCC(=O)NC(COC1OC(CO)C(OC2OC(CO)C(OC3OC(CO)C(O)C(O)C3O)C(O)C2O)C(O)C1O)C(O)/C=C/CC/C=C/CC/C=C/CCCCCCCCCCCCCCCCC. The molecule has 19 nitrogen and oxygen atoms in total. The number of hydrogen-bond donors (Lipinski definition) is 12. The Hall–Kier alpha value is -2.25. The number of amides is 1. The highest BCUT2D eigenvalue weighted by atomic mass is 16.8. The first-order valence-corrected chi connectivity index (χ1v) is 43.4. The normalized spacial score (nSPS) is 26.0. The molecule has 1 amide bonds. The Labute approximate surface area is 637 Å². The van der Waals surface area contributed by atoms with Crippen LogP contribution in [0.3, 0.4) is 0 Å². The zero-order valence-electron chi connectivity index (χ0n) is 66.2. The van der Waals surface area contributed by atoms with Gasteiger partial charge in [-0.25, -0.2) is 0 Å². The summed E-state index contributed by atoms with van der Waals surface area (Å²) in [4.78, 5) is 13.5. The lowest BCUT2D eigenvalue weighted by Crippen LogP contribution is -2.66. The van der Waals surface area contributed by atoms with Crippen LogP contribution in [0, 0.1) is 0 Å². The average molecular weight is 1500 g/mol. The summed E-state index contributed by atoms with van der Waals surface area (Å²) in [7, 11) is 0. The minimum absolute atomic E-state index is 0.235. The summed E-state index contributed by atoms with van der Waals surface area (Å²) in [6.07, 6.45) is 58.4. The second kappa shape index (κ2) is 66.4. The fourth-order valence-electron chi connectivity index (χ4n) is 14.6. The van der Waals surface area contributed by atoms with Crippen molar-refractivity contribution in [2.24, 2.45) is 0 Å². The van der Waals surface area contributed by atoms with E-state index >= 15 is 0 Å². The Balaban J connectivity index is 1.34. The molecule has 0 saturated carbocycles. The molecule has 0 aromatic heterocycles. The molecule has 3 saturated heterocycles. The standard InChI is InChI=1S/C86H159NO18/c1-3-5-7-9-11-13-15-17-19-21-23-25-27-29-30-31-32-33-34-35-36-37-38-40-42-44-46-48-50-52-54-56-58-60-62-64-74(92)87-69(70(91)63-61-59-57-55-53-51-49-47-45-43-41-39-28-26-24-22-20-18-16-14-12-10-8-6-4-2)68-100-84-80(98)77(95)82(72(66-89)102-84)105-86-81(99)78(96)83(73(67-90)103-86)104-85-79(97)76(94)75(93)71(65-88)101-85/h21,23,45,47,53,55,61,63,69-73,75-86,88-91,93-99H,3-20,22,24-44,46,48-52,54,56-60,62,64-68H2,1-2H3,(H,87,92)/b23-21-,47-45+,55-53+,63-61+. The highest BCUT2D eigenvalue weighted by Gasteiger charge is 2.54. The topological polar surface area (TPSA) is 307 Å². The second-order valence-electron chi connectivity index (χ2n) is 31.0. The van der Waals surface area contributed by atoms with Crippen LogP contribution in [0.25, 0.3) is 0 Å². The summed E-state index contributed by atoms with van der Waals surface area (Å²) in [5, 5.41) is 121. The summed E-state index contributed by atoms with van der Waals surface area (Å²) in [6, 6.07) is -0.998. The van der Waals surface area contributed by atoms with E-state index in [-0.39, 0.29) is 18.9 Å². The van der Waals surface area contributed by atoms with E-state index in [2.05, 4.69) is 55.6 Å². The minimum atomic E-state index is -1.98. The van der Waals surface area contributed by atoms with Gasteiger partial charge in [-0.2, -0.15) is 0 Å². The lowest BCUT2D eigenvalue weighted by Gasteiger charge is -2.48. The molecule has 0 radical (unpaired) electrons. The van der Waals surface area contributed by atoms with Crippen molar-refractivity contribution in [2.45, 2.75) is 465 Å². The summed E-state index contributed by atoms with van der Waals surface area (Å²) in [5.74, 6) is -0.283. The van der Waals surface area contributed by atoms with Gasteiger partial charge in [0.2, 0.25) is 5.91 Å². The number of ether oxygens (including phenoxy) is 6. The van der Waals surface area contributed by atoms with Crippen LogP contribution >= 0.6 is 0 Å². The number of carbonyl (C=O) groups is 1. The number of aliphatic hydroxyl groups is 11. The van der Waals surface area contributed by atoms with E-state index in [0.717, 1.165) is 44.9 Å². The van der Waals surface area contributed by atoms with E-state index in [1.54, 1.807) is 6.08 Å². The van der Waals surface area contributed by atoms with E-state index < -0.39 is 124 Å². The average Bonchev–Trinajstić information content (AvgIpc) is 0.781. The van der Waals surface area contributed by atoms with Crippen LogP contribution < -0.4 is 5.32 Å². The molecule has 0 aliphatic carbocycles. The third-order valence-electron chi connectivity index (χ3n) is 21.6. The monoisotopic (exact) mass is 1490 g/mol. The number of allylic oxidation sites excluding steroid dienone is 7. The predicted octanol–water partition coefficient (Wildman–Crippen LogP) is 15.6. The number of aliphatic hydroxyl groups excluding tert-OH is 11. The molecule has 0 aromatic rings. The van der Waals surface area contributed by atoms with Gasteiger partial charge in [-0.1, -0.05) is 332 Å². The first-order chi connectivity index (χ1) is 51.3. The van der Waals surface area contributed by atoms with Crippen molar-refractivity contribution in [1.82, 2.24) is 5.32 Å². The number of nitrogens with one attached hydrogen (secondary N) is 1. The maximum absolute atomic E-state index is 13.5. The van der Waals surface area contributed by atoms with E-state index in [1.165, 1.54) is 283 Å². The first-order valence-electron chi connectivity index (χ1n) is 43.4. The molecule has 12 N–H and O–H groups in total. The lowest BCUT2D eigenvalue weighted by atomic mass is 9.96. The summed E-state index contributed by atoms with van der Waals surface area (Å²) < 4.78 is 34.5. The van der Waals surface area contributed by atoms with Gasteiger partial charge in [-0.15, -0.1) is 0 Å². The number of hydrogen-bond acceptors (Lipinski definition) is 18. The largest absolute Gasteiger partial charge is 0.394 e. The van der Waals surface area contributed by atoms with E-state index in [0.29, 0.717) is 12.8 Å². The predicted molar refractivity (Wildman–Crippen MR) is 420 cm³/mol. The molecule has 3 rings (SSSR count). The molecule has 17 unspecified atom stereocenters. The molecule has 17 atom stereocenters. The lowest BCUT2D eigenvalue weighted by molar-refractivity contribution is -0.379. The van der Waals surface area contributed by atoms with Gasteiger partial charge in [0.1, 0.15) is 73.2 Å². The van der Waals surface area contributed by atoms with Crippen molar-refractivity contribution in [2.75, 3.05) is 26.4 Å². The Bertz CT molecular complexity index is 2080. The van der Waals surface area contributed by atoms with E-state index in [4.69, 9.17) is 28.4 Å². The molecule has 3 aliphatic rings. The Morgan fingerprint density at radius 3 is 0.952 bits per heavy atom. The highest BCUT2D eigenvalue weighted by molar-refractivity contribution is 5.76. The van der Waals surface area contributed by atoms with Crippen LogP contribution in [0.5, 0.6) is 0 Å². The number of unbranched alkanes of at least 4 members (excludes halogenated alkanes) is 48. The zero-order valence-corrected chi connectivity index (χ0v) is 66.2. The van der Waals surface area contributed by atoms with Crippen LogP contribution in [-0.4, -0.2) is 193 Å². The van der Waals surface area contributed by atoms with Crippen molar-refractivity contribution in [1.29, 1.82) is 0 Å². The van der Waals surface area contributed by atoms with Gasteiger partial charge in [0.25, 0.3) is 0 Å². The van der Waals surface area contributed by atoms with Crippen LogP contribution in [-0.2, 0) is 33.2 Å². The van der Waals surface area contributed by atoms with Gasteiger partial charge in [0, 0.05) is 6.42 Å². The van der Waals surface area contributed by atoms with Crippen LogP contribution in [0.4, 0.5) is 0 Å². The molecular formula is C86H159NO18. The number of rotatable bonds is 70.